The molecule has 0 aromatic carbocycles. The second kappa shape index (κ2) is 7.10. The van der Waals surface area contributed by atoms with Crippen LogP contribution in [-0.4, -0.2) is 30.4 Å². The zero-order valence-electron chi connectivity index (χ0n) is 10.8. The van der Waals surface area contributed by atoms with Crippen LogP contribution >= 0.6 is 11.8 Å². The second-order valence-electron chi connectivity index (χ2n) is 4.11. The molecule has 1 heterocycles. The number of nitrogens with two attached hydrogens (primary N) is 1. The molecule has 0 fully saturated rings. The van der Waals surface area contributed by atoms with Crippen molar-refractivity contribution >= 4 is 23.4 Å². The Balaban J connectivity index is 2.65. The molecule has 0 atom stereocenters. The monoisotopic (exact) mass is 270 g/mol. The molecule has 0 unspecified atom stereocenters. The van der Waals surface area contributed by atoms with Crippen LogP contribution < -0.4 is 10.5 Å². The van der Waals surface area contributed by atoms with Crippen LogP contribution in [-0.2, 0) is 9.53 Å². The molecule has 1 aromatic heterocycles. The van der Waals surface area contributed by atoms with Crippen LogP contribution in [0.4, 0.5) is 5.69 Å². The summed E-state index contributed by atoms with van der Waals surface area (Å²) in [4.78, 5) is 15.3. The lowest BCUT2D eigenvalue weighted by Gasteiger charge is -2.10. The number of carbonyl (C=O) groups excluding carboxylic acids is 1. The van der Waals surface area contributed by atoms with E-state index in [1.165, 1.54) is 18.9 Å². The number of ether oxygens (including phenoxy) is 2. The highest BCUT2D eigenvalue weighted by atomic mass is 32.2. The van der Waals surface area contributed by atoms with Gasteiger partial charge in [0.2, 0.25) is 5.88 Å². The van der Waals surface area contributed by atoms with E-state index in [0.29, 0.717) is 29.1 Å². The molecule has 0 bridgehead atoms. The van der Waals surface area contributed by atoms with E-state index >= 15 is 0 Å². The normalized spacial score (nSPS) is 10.4. The number of hydrogen-bond acceptors (Lipinski definition) is 6. The number of aromatic nitrogens is 1. The Morgan fingerprint density at radius 3 is 2.83 bits per heavy atom. The predicted molar refractivity (Wildman–Crippen MR) is 71.7 cm³/mol. The molecule has 0 aliphatic carbocycles. The van der Waals surface area contributed by atoms with Gasteiger partial charge in [0.05, 0.1) is 25.2 Å². The maximum Gasteiger partial charge on any atom is 0.316 e. The van der Waals surface area contributed by atoms with Crippen molar-refractivity contribution in [1.29, 1.82) is 0 Å². The van der Waals surface area contributed by atoms with E-state index in [-0.39, 0.29) is 11.7 Å². The molecule has 0 aliphatic heterocycles. The fraction of sp³-hybridized carbons (Fsp3) is 0.500. The minimum absolute atomic E-state index is 0.219. The van der Waals surface area contributed by atoms with Gasteiger partial charge in [-0.15, -0.1) is 0 Å². The van der Waals surface area contributed by atoms with E-state index in [2.05, 4.69) is 9.72 Å². The first-order chi connectivity index (χ1) is 8.52. The van der Waals surface area contributed by atoms with Crippen LogP contribution in [0.1, 0.15) is 13.8 Å². The molecule has 2 N–H and O–H groups in total. The number of anilines is 1. The molecule has 6 heteroatoms. The number of nitrogens with zero attached hydrogens (tertiary/aromatic N) is 1. The Morgan fingerprint density at radius 2 is 2.22 bits per heavy atom. The topological polar surface area (TPSA) is 74.4 Å². The number of carbonyl (C=O) groups is 1. The van der Waals surface area contributed by atoms with Crippen LogP contribution in [0.5, 0.6) is 5.88 Å². The Bertz CT molecular complexity index is 410. The molecule has 0 aliphatic rings. The van der Waals surface area contributed by atoms with Crippen molar-refractivity contribution in [1.82, 2.24) is 4.98 Å². The van der Waals surface area contributed by atoms with Gasteiger partial charge < -0.3 is 15.2 Å². The van der Waals surface area contributed by atoms with Crippen molar-refractivity contribution in [3.63, 3.8) is 0 Å². The molecular formula is C12H18N2O3S. The molecule has 0 radical (unpaired) electrons. The van der Waals surface area contributed by atoms with Crippen molar-refractivity contribution in [2.24, 2.45) is 5.92 Å². The lowest BCUT2D eigenvalue weighted by Crippen LogP contribution is -2.08. The summed E-state index contributed by atoms with van der Waals surface area (Å²) in [5.41, 5.74) is 6.27. The number of esters is 1. The first kappa shape index (κ1) is 14.6. The molecule has 1 rings (SSSR count). The quantitative estimate of drug-likeness (QED) is 0.629. The van der Waals surface area contributed by atoms with Crippen molar-refractivity contribution in [2.45, 2.75) is 18.9 Å². The Morgan fingerprint density at radius 1 is 1.50 bits per heavy atom. The van der Waals surface area contributed by atoms with E-state index in [1.807, 2.05) is 13.8 Å². The van der Waals surface area contributed by atoms with Crippen LogP contribution in [0.15, 0.2) is 17.2 Å². The fourth-order valence-electron chi connectivity index (χ4n) is 1.07. The van der Waals surface area contributed by atoms with Gasteiger partial charge in [-0.3, -0.25) is 4.79 Å². The number of rotatable bonds is 6. The average molecular weight is 270 g/mol. The summed E-state index contributed by atoms with van der Waals surface area (Å²) in [6.07, 6.45) is 0. The maximum atomic E-state index is 11.0. The van der Waals surface area contributed by atoms with Gasteiger partial charge in [-0.05, 0) is 18.1 Å². The van der Waals surface area contributed by atoms with Gasteiger partial charge in [0.25, 0.3) is 0 Å². The summed E-state index contributed by atoms with van der Waals surface area (Å²) in [6, 6.07) is 3.48. The molecule has 1 aromatic rings. The van der Waals surface area contributed by atoms with Crippen LogP contribution in [0.2, 0.25) is 0 Å². The highest BCUT2D eigenvalue weighted by Gasteiger charge is 2.08. The largest absolute Gasteiger partial charge is 0.476 e. The number of thioether (sulfide) groups is 1. The van der Waals surface area contributed by atoms with Crippen LogP contribution in [0, 0.1) is 5.92 Å². The van der Waals surface area contributed by atoms with Gasteiger partial charge in [-0.1, -0.05) is 25.6 Å². The number of hydrogen-bond donors (Lipinski definition) is 1. The molecule has 0 saturated carbocycles. The number of pyridine rings is 1. The van der Waals surface area contributed by atoms with E-state index in [4.69, 9.17) is 10.5 Å². The fourth-order valence-corrected chi connectivity index (χ4v) is 1.76. The summed E-state index contributed by atoms with van der Waals surface area (Å²) in [7, 11) is 1.36. The zero-order valence-corrected chi connectivity index (χ0v) is 11.6. The molecule has 100 valence electrons. The zero-order chi connectivity index (χ0) is 13.5. The van der Waals surface area contributed by atoms with E-state index in [0.717, 1.165) is 0 Å². The van der Waals surface area contributed by atoms with Crippen LogP contribution in [0.3, 0.4) is 0 Å². The Hall–Kier alpha value is -1.43. The third-order valence-corrected chi connectivity index (χ3v) is 2.89. The number of nitrogen functional groups attached to an aromatic ring is 1. The summed E-state index contributed by atoms with van der Waals surface area (Å²) in [5.74, 6) is 0.747. The van der Waals surface area contributed by atoms with E-state index in [9.17, 15) is 4.79 Å². The van der Waals surface area contributed by atoms with Crippen LogP contribution in [0.25, 0.3) is 0 Å². The van der Waals surface area contributed by atoms with Gasteiger partial charge in [-0.25, -0.2) is 4.98 Å². The van der Waals surface area contributed by atoms with Gasteiger partial charge in [0, 0.05) is 0 Å². The van der Waals surface area contributed by atoms with Gasteiger partial charge in [-0.2, -0.15) is 0 Å². The second-order valence-corrected chi connectivity index (χ2v) is 5.11. The van der Waals surface area contributed by atoms with Crippen molar-refractivity contribution < 1.29 is 14.3 Å². The summed E-state index contributed by atoms with van der Waals surface area (Å²) in [6.45, 7) is 4.65. The highest BCUT2D eigenvalue weighted by molar-refractivity contribution is 7.99. The molecule has 18 heavy (non-hydrogen) atoms. The molecule has 0 amide bonds. The smallest absolute Gasteiger partial charge is 0.316 e. The molecule has 5 nitrogen and oxygen atoms in total. The third kappa shape index (κ3) is 4.83. The first-order valence-electron chi connectivity index (χ1n) is 5.62. The van der Waals surface area contributed by atoms with Gasteiger partial charge >= 0.3 is 5.97 Å². The first-order valence-corrected chi connectivity index (χ1v) is 6.60. The summed E-state index contributed by atoms with van der Waals surface area (Å²) in [5, 5.41) is 0.688. The molecule has 0 saturated heterocycles. The van der Waals surface area contributed by atoms with E-state index in [1.54, 1.807) is 12.1 Å². The average Bonchev–Trinajstić information content (AvgIpc) is 2.35. The van der Waals surface area contributed by atoms with E-state index < -0.39 is 0 Å². The maximum absolute atomic E-state index is 11.0. The predicted octanol–water partition coefficient (Wildman–Crippen LogP) is 1.96. The Labute approximate surface area is 111 Å². The number of methoxy groups -OCH3 is 1. The summed E-state index contributed by atoms with van der Waals surface area (Å²) < 4.78 is 10.1. The van der Waals surface area contributed by atoms with Crippen molar-refractivity contribution in [2.75, 3.05) is 25.2 Å². The van der Waals surface area contributed by atoms with Gasteiger partial charge in [0.1, 0.15) is 5.03 Å². The van der Waals surface area contributed by atoms with Crippen molar-refractivity contribution in [3.05, 3.63) is 12.1 Å². The standard InChI is InChI=1S/C12H18N2O3S/c1-8(2)6-17-12-9(13)4-5-10(14-12)18-7-11(15)16-3/h4-5,8H,6-7,13H2,1-3H3. The van der Waals surface area contributed by atoms with Crippen molar-refractivity contribution in [3.8, 4) is 5.88 Å². The third-order valence-electron chi connectivity index (χ3n) is 1.98. The molecular weight excluding hydrogens is 252 g/mol. The van der Waals surface area contributed by atoms with Gasteiger partial charge in [0.15, 0.2) is 0 Å². The lowest BCUT2D eigenvalue weighted by atomic mass is 10.2. The Kier molecular flexibility index (Phi) is 5.77. The lowest BCUT2D eigenvalue weighted by molar-refractivity contribution is -0.137. The SMILES string of the molecule is COC(=O)CSc1ccc(N)c(OCC(C)C)n1. The summed E-state index contributed by atoms with van der Waals surface area (Å²) >= 11 is 1.29. The highest BCUT2D eigenvalue weighted by Crippen LogP contribution is 2.24. The molecule has 0 spiro atoms. The minimum atomic E-state index is -0.289. The minimum Gasteiger partial charge on any atom is -0.476 e.